The molecule has 0 fully saturated rings. The Morgan fingerprint density at radius 3 is 2.89 bits per heavy atom. The predicted molar refractivity (Wildman–Crippen MR) is 103 cm³/mol. The van der Waals surface area contributed by atoms with E-state index in [0.29, 0.717) is 29.4 Å². The number of aromatic nitrogens is 4. The maximum atomic E-state index is 12.5. The fourth-order valence-electron chi connectivity index (χ4n) is 2.98. The lowest BCUT2D eigenvalue weighted by molar-refractivity contribution is 0.0946. The molecule has 8 nitrogen and oxygen atoms in total. The molecule has 0 spiro atoms. The summed E-state index contributed by atoms with van der Waals surface area (Å²) in [6.45, 7) is 0.364. The van der Waals surface area contributed by atoms with Gasteiger partial charge in [0.1, 0.15) is 17.2 Å². The van der Waals surface area contributed by atoms with Gasteiger partial charge in [0.25, 0.3) is 5.91 Å². The molecule has 0 unspecified atom stereocenters. The molecule has 0 aliphatic heterocycles. The number of fused-ring (bicyclic) bond motifs is 1. The van der Waals surface area contributed by atoms with E-state index < -0.39 is 0 Å². The van der Waals surface area contributed by atoms with Gasteiger partial charge in [-0.1, -0.05) is 6.07 Å². The van der Waals surface area contributed by atoms with E-state index in [0.717, 1.165) is 16.6 Å². The molecule has 2 N–H and O–H groups in total. The van der Waals surface area contributed by atoms with Crippen molar-refractivity contribution in [3.8, 4) is 22.8 Å². The number of benzene rings is 1. The van der Waals surface area contributed by atoms with Gasteiger partial charge in [-0.05, 0) is 36.4 Å². The van der Waals surface area contributed by atoms with E-state index >= 15 is 0 Å². The molecule has 1 aromatic carbocycles. The molecule has 0 aliphatic carbocycles. The SMILES string of the molecule is COc1ccc(OC)c(-c2cc(C(=O)NCc3cnn4ccccc34)[nH]n2)c1. The van der Waals surface area contributed by atoms with Crippen LogP contribution in [0.15, 0.2) is 54.9 Å². The molecule has 1 amide bonds. The predicted octanol–water partition coefficient (Wildman–Crippen LogP) is 2.67. The summed E-state index contributed by atoms with van der Waals surface area (Å²) >= 11 is 0. The van der Waals surface area contributed by atoms with Crippen molar-refractivity contribution in [1.29, 1.82) is 0 Å². The minimum Gasteiger partial charge on any atom is -0.497 e. The molecule has 0 radical (unpaired) electrons. The van der Waals surface area contributed by atoms with Crippen molar-refractivity contribution in [2.45, 2.75) is 6.54 Å². The summed E-state index contributed by atoms with van der Waals surface area (Å²) in [5.41, 5.74) is 3.57. The van der Waals surface area contributed by atoms with Gasteiger partial charge in [0.2, 0.25) is 0 Å². The van der Waals surface area contributed by atoms with E-state index in [-0.39, 0.29) is 5.91 Å². The van der Waals surface area contributed by atoms with Crippen molar-refractivity contribution in [2.75, 3.05) is 14.2 Å². The maximum Gasteiger partial charge on any atom is 0.269 e. The number of carbonyl (C=O) groups is 1. The smallest absolute Gasteiger partial charge is 0.269 e. The van der Waals surface area contributed by atoms with Crippen LogP contribution in [0.25, 0.3) is 16.8 Å². The van der Waals surface area contributed by atoms with Crippen molar-refractivity contribution >= 4 is 11.4 Å². The molecule has 28 heavy (non-hydrogen) atoms. The molecule has 4 rings (SSSR count). The average Bonchev–Trinajstić information content (AvgIpc) is 3.39. The summed E-state index contributed by atoms with van der Waals surface area (Å²) in [7, 11) is 3.18. The number of amides is 1. The van der Waals surface area contributed by atoms with Gasteiger partial charge < -0.3 is 14.8 Å². The van der Waals surface area contributed by atoms with Gasteiger partial charge in [-0.3, -0.25) is 9.89 Å². The second-order valence-electron chi connectivity index (χ2n) is 6.12. The summed E-state index contributed by atoms with van der Waals surface area (Å²) in [4.78, 5) is 12.5. The van der Waals surface area contributed by atoms with Crippen LogP contribution in [-0.2, 0) is 6.54 Å². The van der Waals surface area contributed by atoms with Gasteiger partial charge >= 0.3 is 0 Å². The molecule has 0 bridgehead atoms. The fourth-order valence-corrected chi connectivity index (χ4v) is 2.98. The van der Waals surface area contributed by atoms with Crippen LogP contribution in [0.3, 0.4) is 0 Å². The lowest BCUT2D eigenvalue weighted by Crippen LogP contribution is -2.23. The molecule has 0 saturated carbocycles. The Kier molecular flexibility index (Phi) is 4.67. The van der Waals surface area contributed by atoms with Gasteiger partial charge in [0.05, 0.1) is 31.6 Å². The highest BCUT2D eigenvalue weighted by atomic mass is 16.5. The Balaban J connectivity index is 1.52. The molecule has 3 aromatic heterocycles. The van der Waals surface area contributed by atoms with Crippen molar-refractivity contribution in [3.63, 3.8) is 0 Å². The van der Waals surface area contributed by atoms with Crippen LogP contribution in [0.1, 0.15) is 16.1 Å². The summed E-state index contributed by atoms with van der Waals surface area (Å²) in [6.07, 6.45) is 3.61. The van der Waals surface area contributed by atoms with E-state index in [4.69, 9.17) is 9.47 Å². The van der Waals surface area contributed by atoms with Crippen LogP contribution < -0.4 is 14.8 Å². The number of carbonyl (C=O) groups excluding carboxylic acids is 1. The van der Waals surface area contributed by atoms with Crippen LogP contribution >= 0.6 is 0 Å². The Bertz CT molecular complexity index is 1130. The van der Waals surface area contributed by atoms with Crippen LogP contribution in [-0.4, -0.2) is 39.9 Å². The first-order valence-corrected chi connectivity index (χ1v) is 8.67. The molecule has 3 heterocycles. The third-order valence-electron chi connectivity index (χ3n) is 4.45. The Morgan fingerprint density at radius 1 is 1.18 bits per heavy atom. The van der Waals surface area contributed by atoms with Gasteiger partial charge in [-0.25, -0.2) is 4.52 Å². The zero-order chi connectivity index (χ0) is 19.5. The minimum atomic E-state index is -0.254. The van der Waals surface area contributed by atoms with E-state index in [2.05, 4.69) is 20.6 Å². The molecular weight excluding hydrogens is 358 g/mol. The number of nitrogens with zero attached hydrogens (tertiary/aromatic N) is 3. The van der Waals surface area contributed by atoms with Crippen molar-refractivity contribution < 1.29 is 14.3 Å². The summed E-state index contributed by atoms with van der Waals surface area (Å²) in [5, 5.41) is 14.2. The number of methoxy groups -OCH3 is 2. The zero-order valence-corrected chi connectivity index (χ0v) is 15.5. The number of H-pyrrole nitrogens is 1. The standard InChI is InChI=1S/C20H19N5O3/c1-27-14-6-7-19(28-2)15(9-14)16-10-17(24-23-16)20(26)21-11-13-12-22-25-8-4-3-5-18(13)25/h3-10,12H,11H2,1-2H3,(H,21,26)(H,23,24). The van der Waals surface area contributed by atoms with Crippen LogP contribution in [0, 0.1) is 0 Å². The van der Waals surface area contributed by atoms with E-state index in [9.17, 15) is 4.79 Å². The number of hydrogen-bond acceptors (Lipinski definition) is 5. The lowest BCUT2D eigenvalue weighted by atomic mass is 10.1. The molecule has 8 heteroatoms. The highest BCUT2D eigenvalue weighted by molar-refractivity contribution is 5.93. The third kappa shape index (κ3) is 3.27. The van der Waals surface area contributed by atoms with Gasteiger partial charge in [0.15, 0.2) is 0 Å². The quantitative estimate of drug-likeness (QED) is 0.539. The van der Waals surface area contributed by atoms with E-state index in [1.807, 2.05) is 30.5 Å². The van der Waals surface area contributed by atoms with Crippen LogP contribution in [0.5, 0.6) is 11.5 Å². The molecule has 4 aromatic rings. The van der Waals surface area contributed by atoms with Crippen molar-refractivity contribution in [3.05, 3.63) is 66.1 Å². The number of pyridine rings is 1. The molecular formula is C20H19N5O3. The first-order chi connectivity index (χ1) is 13.7. The van der Waals surface area contributed by atoms with E-state index in [1.165, 1.54) is 0 Å². The minimum absolute atomic E-state index is 0.254. The average molecular weight is 377 g/mol. The first-order valence-electron chi connectivity index (χ1n) is 8.67. The van der Waals surface area contributed by atoms with Gasteiger partial charge in [-0.2, -0.15) is 10.2 Å². The van der Waals surface area contributed by atoms with Gasteiger partial charge in [0, 0.05) is 23.9 Å². The highest BCUT2D eigenvalue weighted by Gasteiger charge is 2.15. The fraction of sp³-hybridized carbons (Fsp3) is 0.150. The monoisotopic (exact) mass is 377 g/mol. The molecule has 0 saturated heterocycles. The largest absolute Gasteiger partial charge is 0.497 e. The van der Waals surface area contributed by atoms with E-state index in [1.54, 1.807) is 43.1 Å². The normalized spacial score (nSPS) is 10.8. The first kappa shape index (κ1) is 17.6. The highest BCUT2D eigenvalue weighted by Crippen LogP contribution is 2.32. The van der Waals surface area contributed by atoms with Crippen LogP contribution in [0.2, 0.25) is 0 Å². The number of nitrogens with one attached hydrogen (secondary N) is 2. The second kappa shape index (κ2) is 7.43. The second-order valence-corrected chi connectivity index (χ2v) is 6.12. The number of ether oxygens (including phenoxy) is 2. The topological polar surface area (TPSA) is 93.5 Å². The third-order valence-corrected chi connectivity index (χ3v) is 4.45. The number of rotatable bonds is 6. The Morgan fingerprint density at radius 2 is 2.07 bits per heavy atom. The Hall–Kier alpha value is -3.81. The maximum absolute atomic E-state index is 12.5. The van der Waals surface area contributed by atoms with Crippen molar-refractivity contribution in [1.82, 2.24) is 25.1 Å². The summed E-state index contributed by atoms with van der Waals surface area (Å²) < 4.78 is 12.4. The zero-order valence-electron chi connectivity index (χ0n) is 15.5. The molecule has 0 atom stereocenters. The summed E-state index contributed by atoms with van der Waals surface area (Å²) in [6, 6.07) is 12.9. The Labute approximate surface area is 161 Å². The number of hydrogen-bond donors (Lipinski definition) is 2. The number of aromatic amines is 1. The lowest BCUT2D eigenvalue weighted by Gasteiger charge is -2.08. The van der Waals surface area contributed by atoms with Crippen molar-refractivity contribution in [2.24, 2.45) is 0 Å². The van der Waals surface area contributed by atoms with Gasteiger partial charge in [-0.15, -0.1) is 0 Å². The summed E-state index contributed by atoms with van der Waals surface area (Å²) in [5.74, 6) is 1.07. The van der Waals surface area contributed by atoms with Crippen LogP contribution in [0.4, 0.5) is 0 Å². The molecule has 0 aliphatic rings. The molecule has 142 valence electrons.